The van der Waals surface area contributed by atoms with Crippen LogP contribution < -0.4 is 10.5 Å². The Kier molecular flexibility index (Phi) is 2.60. The molecule has 0 amide bonds. The number of anilines is 1. The third-order valence-corrected chi connectivity index (χ3v) is 1.42. The number of ether oxygens (including phenoxy) is 1. The Labute approximate surface area is 72.3 Å². The lowest BCUT2D eigenvalue weighted by Gasteiger charge is -2.06. The summed E-state index contributed by atoms with van der Waals surface area (Å²) in [5.41, 5.74) is 4.24. The number of rotatable bonds is 2. The fraction of sp³-hybridized carbons (Fsp3) is 0.286. The van der Waals surface area contributed by atoms with Crippen molar-refractivity contribution in [2.45, 2.75) is 6.43 Å². The molecule has 1 aromatic heterocycles. The molecule has 0 saturated carbocycles. The van der Waals surface area contributed by atoms with Crippen LogP contribution in [0.15, 0.2) is 6.07 Å². The number of aromatic nitrogens is 1. The lowest BCUT2D eigenvalue weighted by atomic mass is 10.3. The summed E-state index contributed by atoms with van der Waals surface area (Å²) in [5, 5.41) is 0. The first-order valence-electron chi connectivity index (χ1n) is 3.34. The Hall–Kier alpha value is -1.46. The first-order valence-corrected chi connectivity index (χ1v) is 3.34. The SMILES string of the molecule is COc1cc(F)c(C(F)F)nc1N. The molecule has 1 rings (SSSR count). The van der Waals surface area contributed by atoms with Gasteiger partial charge in [0.15, 0.2) is 17.4 Å². The minimum absolute atomic E-state index is 0.0538. The summed E-state index contributed by atoms with van der Waals surface area (Å²) in [6, 6.07) is 0.782. The molecule has 0 unspecified atom stereocenters. The maximum atomic E-state index is 12.8. The van der Waals surface area contributed by atoms with Gasteiger partial charge in [-0.1, -0.05) is 0 Å². The Balaban J connectivity index is 3.20. The largest absolute Gasteiger partial charge is 0.493 e. The number of halogens is 3. The van der Waals surface area contributed by atoms with Crippen molar-refractivity contribution in [1.82, 2.24) is 4.98 Å². The number of nitrogens with zero attached hydrogens (tertiary/aromatic N) is 1. The standard InChI is InChI=1S/C7H7F3N2O/c1-13-4-2-3(8)5(6(9)10)12-7(4)11/h2,6H,1H3,(H2,11,12). The molecule has 3 nitrogen and oxygen atoms in total. The summed E-state index contributed by atoms with van der Waals surface area (Å²) >= 11 is 0. The van der Waals surface area contributed by atoms with E-state index in [1.807, 2.05) is 0 Å². The summed E-state index contributed by atoms with van der Waals surface area (Å²) in [4.78, 5) is 3.17. The predicted octanol–water partition coefficient (Wildman–Crippen LogP) is 1.75. The van der Waals surface area contributed by atoms with Gasteiger partial charge in [-0.3, -0.25) is 0 Å². The fourth-order valence-corrected chi connectivity index (χ4v) is 0.818. The van der Waals surface area contributed by atoms with Crippen LogP contribution in [0.3, 0.4) is 0 Å². The second kappa shape index (κ2) is 3.51. The average molecular weight is 192 g/mol. The van der Waals surface area contributed by atoms with Crippen molar-refractivity contribution < 1.29 is 17.9 Å². The zero-order valence-electron chi connectivity index (χ0n) is 6.72. The summed E-state index contributed by atoms with van der Waals surface area (Å²) in [7, 11) is 1.24. The quantitative estimate of drug-likeness (QED) is 0.776. The second-order valence-electron chi connectivity index (χ2n) is 2.24. The van der Waals surface area contributed by atoms with E-state index in [9.17, 15) is 13.2 Å². The number of hydrogen-bond acceptors (Lipinski definition) is 3. The van der Waals surface area contributed by atoms with Gasteiger partial charge in [-0.05, 0) is 0 Å². The topological polar surface area (TPSA) is 48.1 Å². The number of pyridine rings is 1. The molecular formula is C7H7F3N2O. The number of hydrogen-bond donors (Lipinski definition) is 1. The molecule has 1 heterocycles. The van der Waals surface area contributed by atoms with Crippen LogP contribution in [0, 0.1) is 5.82 Å². The molecule has 6 heteroatoms. The monoisotopic (exact) mass is 192 g/mol. The van der Waals surface area contributed by atoms with Crippen molar-refractivity contribution in [3.63, 3.8) is 0 Å². The minimum Gasteiger partial charge on any atom is -0.493 e. The molecule has 2 N–H and O–H groups in total. The van der Waals surface area contributed by atoms with Gasteiger partial charge in [0.1, 0.15) is 5.69 Å². The minimum atomic E-state index is -2.98. The van der Waals surface area contributed by atoms with Crippen molar-refractivity contribution in [3.05, 3.63) is 17.6 Å². The van der Waals surface area contributed by atoms with E-state index in [-0.39, 0.29) is 11.6 Å². The van der Waals surface area contributed by atoms with Crippen LogP contribution in [0.1, 0.15) is 12.1 Å². The van der Waals surface area contributed by atoms with Crippen LogP contribution >= 0.6 is 0 Å². The van der Waals surface area contributed by atoms with Crippen LogP contribution in [-0.2, 0) is 0 Å². The molecule has 0 aromatic carbocycles. The Morgan fingerprint density at radius 1 is 1.54 bits per heavy atom. The smallest absolute Gasteiger partial charge is 0.283 e. The van der Waals surface area contributed by atoms with E-state index in [4.69, 9.17) is 5.73 Å². The molecule has 0 atom stereocenters. The fourth-order valence-electron chi connectivity index (χ4n) is 0.818. The zero-order valence-corrected chi connectivity index (χ0v) is 6.72. The molecule has 0 spiro atoms. The van der Waals surface area contributed by atoms with Crippen molar-refractivity contribution in [2.24, 2.45) is 0 Å². The van der Waals surface area contributed by atoms with E-state index < -0.39 is 17.9 Å². The first-order chi connectivity index (χ1) is 6.06. The normalized spacial score (nSPS) is 10.5. The summed E-state index contributed by atoms with van der Waals surface area (Å²) in [6.45, 7) is 0. The highest BCUT2D eigenvalue weighted by molar-refractivity contribution is 5.46. The van der Waals surface area contributed by atoms with Crippen LogP contribution in [0.5, 0.6) is 5.75 Å². The van der Waals surface area contributed by atoms with Crippen LogP contribution in [0.2, 0.25) is 0 Å². The third-order valence-electron chi connectivity index (χ3n) is 1.42. The van der Waals surface area contributed by atoms with E-state index in [0.29, 0.717) is 0 Å². The Bertz CT molecular complexity index is 317. The third kappa shape index (κ3) is 1.82. The van der Waals surface area contributed by atoms with Gasteiger partial charge >= 0.3 is 0 Å². The van der Waals surface area contributed by atoms with Crippen LogP contribution in [0.25, 0.3) is 0 Å². The van der Waals surface area contributed by atoms with E-state index in [0.717, 1.165) is 6.07 Å². The van der Waals surface area contributed by atoms with E-state index in [2.05, 4.69) is 9.72 Å². The Morgan fingerprint density at radius 3 is 2.62 bits per heavy atom. The van der Waals surface area contributed by atoms with E-state index in [1.54, 1.807) is 0 Å². The molecule has 72 valence electrons. The average Bonchev–Trinajstić information content (AvgIpc) is 2.07. The molecule has 0 aliphatic rings. The summed E-state index contributed by atoms with van der Waals surface area (Å²) < 4.78 is 41.5. The molecule has 0 aliphatic heterocycles. The number of nitrogens with two attached hydrogens (primary N) is 1. The van der Waals surface area contributed by atoms with Gasteiger partial charge in [0.2, 0.25) is 0 Å². The van der Waals surface area contributed by atoms with Crippen molar-refractivity contribution in [3.8, 4) is 5.75 Å². The number of methoxy groups -OCH3 is 1. The molecule has 0 radical (unpaired) electrons. The highest BCUT2D eigenvalue weighted by Gasteiger charge is 2.18. The molecule has 0 aliphatic carbocycles. The van der Waals surface area contributed by atoms with Gasteiger partial charge in [-0.25, -0.2) is 18.2 Å². The van der Waals surface area contributed by atoms with Crippen LogP contribution in [0.4, 0.5) is 19.0 Å². The summed E-state index contributed by atoms with van der Waals surface area (Å²) in [5.74, 6) is -1.43. The highest BCUT2D eigenvalue weighted by Crippen LogP contribution is 2.26. The van der Waals surface area contributed by atoms with Gasteiger partial charge in [-0.15, -0.1) is 0 Å². The molecule has 0 saturated heterocycles. The van der Waals surface area contributed by atoms with Gasteiger partial charge in [0.05, 0.1) is 7.11 Å². The maximum Gasteiger partial charge on any atom is 0.283 e. The van der Waals surface area contributed by atoms with Crippen molar-refractivity contribution in [2.75, 3.05) is 12.8 Å². The summed E-state index contributed by atoms with van der Waals surface area (Å²) in [6.07, 6.45) is -2.98. The zero-order chi connectivity index (χ0) is 10.0. The predicted molar refractivity (Wildman–Crippen MR) is 40.1 cm³/mol. The maximum absolute atomic E-state index is 12.8. The molecule has 1 aromatic rings. The van der Waals surface area contributed by atoms with Crippen LogP contribution in [-0.4, -0.2) is 12.1 Å². The Morgan fingerprint density at radius 2 is 2.15 bits per heavy atom. The van der Waals surface area contributed by atoms with Gasteiger partial charge in [-0.2, -0.15) is 0 Å². The molecule has 13 heavy (non-hydrogen) atoms. The lowest BCUT2D eigenvalue weighted by Crippen LogP contribution is -2.02. The van der Waals surface area contributed by atoms with E-state index in [1.165, 1.54) is 7.11 Å². The van der Waals surface area contributed by atoms with Crippen molar-refractivity contribution >= 4 is 5.82 Å². The molecular weight excluding hydrogens is 185 g/mol. The van der Waals surface area contributed by atoms with E-state index >= 15 is 0 Å². The lowest BCUT2D eigenvalue weighted by molar-refractivity contribution is 0.140. The number of alkyl halides is 2. The van der Waals surface area contributed by atoms with Gasteiger partial charge in [0.25, 0.3) is 6.43 Å². The second-order valence-corrected chi connectivity index (χ2v) is 2.24. The number of nitrogen functional groups attached to an aromatic ring is 1. The van der Waals surface area contributed by atoms with Gasteiger partial charge < -0.3 is 10.5 Å². The first kappa shape index (κ1) is 9.63. The van der Waals surface area contributed by atoms with Gasteiger partial charge in [0, 0.05) is 6.07 Å². The van der Waals surface area contributed by atoms with Crippen molar-refractivity contribution in [1.29, 1.82) is 0 Å². The molecule has 0 bridgehead atoms. The molecule has 0 fully saturated rings. The highest BCUT2D eigenvalue weighted by atomic mass is 19.3.